The van der Waals surface area contributed by atoms with E-state index < -0.39 is 0 Å². The number of rotatable bonds is 1. The van der Waals surface area contributed by atoms with Gasteiger partial charge in [0.25, 0.3) is 0 Å². The first-order valence-electron chi connectivity index (χ1n) is 4.29. The van der Waals surface area contributed by atoms with Gasteiger partial charge in [-0.25, -0.2) is 0 Å². The summed E-state index contributed by atoms with van der Waals surface area (Å²) in [4.78, 5) is 14.9. The van der Waals surface area contributed by atoms with Crippen molar-refractivity contribution in [2.45, 2.75) is 6.92 Å². The van der Waals surface area contributed by atoms with E-state index in [1.165, 1.54) is 6.92 Å². The number of benzene rings is 1. The van der Waals surface area contributed by atoms with Gasteiger partial charge in [0.15, 0.2) is 0 Å². The van der Waals surface area contributed by atoms with E-state index >= 15 is 0 Å². The summed E-state index contributed by atoms with van der Waals surface area (Å²) in [6.07, 6.45) is 1.63. The molecule has 14 heavy (non-hydrogen) atoms. The molecule has 0 fully saturated rings. The van der Waals surface area contributed by atoms with Crippen LogP contribution in [0.5, 0.6) is 0 Å². The van der Waals surface area contributed by atoms with Crippen LogP contribution < -0.4 is 5.32 Å². The van der Waals surface area contributed by atoms with E-state index in [9.17, 15) is 4.79 Å². The van der Waals surface area contributed by atoms with Gasteiger partial charge in [-0.1, -0.05) is 0 Å². The highest BCUT2D eigenvalue weighted by molar-refractivity contribution is 5.92. The number of anilines is 1. The number of amides is 1. The van der Waals surface area contributed by atoms with Crippen molar-refractivity contribution in [3.05, 3.63) is 36.5 Å². The molecule has 0 unspecified atom stereocenters. The average molecular weight is 185 g/mol. The summed E-state index contributed by atoms with van der Waals surface area (Å²) in [6, 6.07) is 10.3. The molecule has 0 atom stereocenters. The Labute approximate surface area is 81.8 Å². The normalized spacial score (nSPS) is 10.1. The smallest absolute Gasteiger partial charge is 0.221 e. The molecule has 1 N–H and O–H groups in total. The Hall–Kier alpha value is -1.90. The molecule has 0 aliphatic carbocycles. The number of carbonyl (C=O) groups is 1. The zero-order valence-corrected chi connectivity index (χ0v) is 7.74. The molecular weight excluding hydrogens is 176 g/mol. The van der Waals surface area contributed by atoms with Crippen molar-refractivity contribution in [1.29, 1.82) is 0 Å². The van der Waals surface area contributed by atoms with Crippen LogP contribution in [0.2, 0.25) is 0 Å². The molecule has 0 spiro atoms. The zero-order valence-electron chi connectivity index (χ0n) is 7.74. The third-order valence-electron chi connectivity index (χ3n) is 1.86. The molecule has 69 valence electrons. The minimum absolute atomic E-state index is 0.0720. The number of pyridine rings is 1. The Morgan fingerprint density at radius 2 is 2.36 bits per heavy atom. The molecule has 1 amide bonds. The Bertz CT molecular complexity index is 479. The lowest BCUT2D eigenvalue weighted by Gasteiger charge is -2.02. The summed E-state index contributed by atoms with van der Waals surface area (Å²) in [6.45, 7) is 1.49. The number of nitrogens with zero attached hydrogens (tertiary/aromatic N) is 1. The van der Waals surface area contributed by atoms with E-state index in [-0.39, 0.29) is 5.91 Å². The van der Waals surface area contributed by atoms with E-state index in [0.29, 0.717) is 0 Å². The first kappa shape index (κ1) is 8.69. The summed E-state index contributed by atoms with van der Waals surface area (Å²) in [5.74, 6) is -0.0720. The summed E-state index contributed by atoms with van der Waals surface area (Å²) in [5.41, 5.74) is 1.68. The van der Waals surface area contributed by atoms with Crippen LogP contribution in [0.3, 0.4) is 0 Å². The minimum Gasteiger partial charge on any atom is -0.326 e. The van der Waals surface area contributed by atoms with Gasteiger partial charge in [-0.3, -0.25) is 9.78 Å². The lowest BCUT2D eigenvalue weighted by atomic mass is 10.2. The second-order valence-corrected chi connectivity index (χ2v) is 3.02. The Kier molecular flexibility index (Phi) is 2.14. The van der Waals surface area contributed by atoms with Gasteiger partial charge in [0.05, 0.1) is 5.52 Å². The molecule has 1 aromatic heterocycles. The summed E-state index contributed by atoms with van der Waals surface area (Å²) in [7, 11) is 0. The largest absolute Gasteiger partial charge is 0.326 e. The van der Waals surface area contributed by atoms with Gasteiger partial charge in [-0.05, 0) is 24.3 Å². The van der Waals surface area contributed by atoms with Crippen LogP contribution >= 0.6 is 0 Å². The topological polar surface area (TPSA) is 42.0 Å². The second-order valence-electron chi connectivity index (χ2n) is 3.02. The maximum absolute atomic E-state index is 10.8. The van der Waals surface area contributed by atoms with Gasteiger partial charge in [-0.2, -0.15) is 0 Å². The zero-order chi connectivity index (χ0) is 9.97. The number of aromatic nitrogens is 1. The molecule has 3 heteroatoms. The number of fused-ring (bicyclic) bond motifs is 1. The maximum atomic E-state index is 10.8. The lowest BCUT2D eigenvalue weighted by Crippen LogP contribution is -2.05. The first-order chi connectivity index (χ1) is 6.75. The fourth-order valence-electron chi connectivity index (χ4n) is 1.30. The molecule has 0 aliphatic rings. The molecule has 2 rings (SSSR count). The monoisotopic (exact) mass is 185 g/mol. The van der Waals surface area contributed by atoms with Gasteiger partial charge in [0.1, 0.15) is 0 Å². The molecule has 0 saturated carbocycles. The van der Waals surface area contributed by atoms with Crippen molar-refractivity contribution >= 4 is 22.5 Å². The van der Waals surface area contributed by atoms with E-state index in [2.05, 4.69) is 16.4 Å². The molecule has 1 heterocycles. The third-order valence-corrected chi connectivity index (χ3v) is 1.86. The van der Waals surface area contributed by atoms with Crippen molar-refractivity contribution in [2.75, 3.05) is 5.32 Å². The predicted octanol–water partition coefficient (Wildman–Crippen LogP) is 1.99. The van der Waals surface area contributed by atoms with Crippen LogP contribution in [0.1, 0.15) is 6.92 Å². The Morgan fingerprint density at radius 3 is 3.14 bits per heavy atom. The summed E-state index contributed by atoms with van der Waals surface area (Å²) < 4.78 is 0. The molecular formula is C11H9N2O. The molecule has 0 bridgehead atoms. The predicted molar refractivity (Wildman–Crippen MR) is 54.9 cm³/mol. The average Bonchev–Trinajstić information content (AvgIpc) is 2.17. The SMILES string of the molecule is CC(=O)Nc1ccc2nc[c]cc2c1. The van der Waals surface area contributed by atoms with Crippen molar-refractivity contribution in [1.82, 2.24) is 4.98 Å². The van der Waals surface area contributed by atoms with Crippen molar-refractivity contribution in [3.8, 4) is 0 Å². The molecule has 0 saturated heterocycles. The minimum atomic E-state index is -0.0720. The number of hydrogen-bond acceptors (Lipinski definition) is 2. The van der Waals surface area contributed by atoms with E-state index in [4.69, 9.17) is 0 Å². The van der Waals surface area contributed by atoms with Crippen LogP contribution in [-0.4, -0.2) is 10.9 Å². The van der Waals surface area contributed by atoms with Crippen molar-refractivity contribution < 1.29 is 4.79 Å². The van der Waals surface area contributed by atoms with Gasteiger partial charge in [0, 0.05) is 30.3 Å². The molecule has 2 aromatic rings. The van der Waals surface area contributed by atoms with Crippen LogP contribution in [0.15, 0.2) is 30.5 Å². The van der Waals surface area contributed by atoms with Crippen molar-refractivity contribution in [2.24, 2.45) is 0 Å². The second kappa shape index (κ2) is 3.46. The molecule has 0 aliphatic heterocycles. The van der Waals surface area contributed by atoms with Crippen LogP contribution in [0.4, 0.5) is 5.69 Å². The summed E-state index contributed by atoms with van der Waals surface area (Å²) in [5, 5.41) is 3.69. The van der Waals surface area contributed by atoms with E-state index in [1.54, 1.807) is 6.20 Å². The van der Waals surface area contributed by atoms with Gasteiger partial charge >= 0.3 is 0 Å². The number of hydrogen-bond donors (Lipinski definition) is 1. The maximum Gasteiger partial charge on any atom is 0.221 e. The van der Waals surface area contributed by atoms with Gasteiger partial charge in [-0.15, -0.1) is 0 Å². The number of nitrogens with one attached hydrogen (secondary N) is 1. The highest BCUT2D eigenvalue weighted by Gasteiger charge is 1.97. The molecule has 1 aromatic carbocycles. The summed E-state index contributed by atoms with van der Waals surface area (Å²) >= 11 is 0. The van der Waals surface area contributed by atoms with Crippen LogP contribution in [0, 0.1) is 6.07 Å². The van der Waals surface area contributed by atoms with Crippen LogP contribution in [-0.2, 0) is 4.79 Å². The van der Waals surface area contributed by atoms with E-state index in [1.807, 2.05) is 24.3 Å². The van der Waals surface area contributed by atoms with Crippen molar-refractivity contribution in [3.63, 3.8) is 0 Å². The Morgan fingerprint density at radius 1 is 1.50 bits per heavy atom. The Balaban J connectivity index is 2.46. The quantitative estimate of drug-likeness (QED) is 0.738. The molecule has 3 nitrogen and oxygen atoms in total. The standard InChI is InChI=1S/C11H9N2O/c1-8(14)13-10-4-5-11-9(7-10)3-2-6-12-11/h3-7H,1H3,(H,13,14). The fourth-order valence-corrected chi connectivity index (χ4v) is 1.30. The lowest BCUT2D eigenvalue weighted by molar-refractivity contribution is -0.114. The highest BCUT2D eigenvalue weighted by atomic mass is 16.1. The molecule has 1 radical (unpaired) electrons. The number of carbonyl (C=O) groups excluding carboxylic acids is 1. The van der Waals surface area contributed by atoms with E-state index in [0.717, 1.165) is 16.6 Å². The van der Waals surface area contributed by atoms with Gasteiger partial charge < -0.3 is 5.32 Å². The fraction of sp³-hybridized carbons (Fsp3) is 0.0909. The van der Waals surface area contributed by atoms with Gasteiger partial charge in [0.2, 0.25) is 5.91 Å². The highest BCUT2D eigenvalue weighted by Crippen LogP contribution is 2.16. The van der Waals surface area contributed by atoms with Crippen LogP contribution in [0.25, 0.3) is 10.9 Å². The first-order valence-corrected chi connectivity index (χ1v) is 4.29. The third kappa shape index (κ3) is 1.71.